The zero-order chi connectivity index (χ0) is 22.5. The Bertz CT molecular complexity index is 1070. The van der Waals surface area contributed by atoms with Gasteiger partial charge in [0.2, 0.25) is 11.7 Å². The first-order chi connectivity index (χ1) is 14.9. The first-order valence-electron chi connectivity index (χ1n) is 8.97. The molecule has 1 aliphatic heterocycles. The number of amides is 3. The summed E-state index contributed by atoms with van der Waals surface area (Å²) in [5.74, 6) is -0.654. The molecule has 31 heavy (non-hydrogen) atoms. The lowest BCUT2D eigenvalue weighted by atomic mass is 10.1. The number of nitrogens with one attached hydrogen (secondary N) is 1. The normalized spacial score (nSPS) is 14.7. The van der Waals surface area contributed by atoms with Crippen molar-refractivity contribution in [3.05, 3.63) is 52.7 Å². The van der Waals surface area contributed by atoms with Crippen LogP contribution in [0.3, 0.4) is 0 Å². The largest absolute Gasteiger partial charge is 0.493 e. The Balaban J connectivity index is 1.80. The minimum Gasteiger partial charge on any atom is -0.493 e. The van der Waals surface area contributed by atoms with E-state index in [1.165, 1.54) is 45.6 Å². The smallest absolute Gasteiger partial charge is 0.294 e. The Hall–Kier alpha value is -3.53. The maximum Gasteiger partial charge on any atom is 0.294 e. The number of nitrogens with zero attached hydrogens (tertiary/aromatic N) is 1. The molecule has 8 nitrogen and oxygen atoms in total. The lowest BCUT2D eigenvalue weighted by Crippen LogP contribution is -2.36. The van der Waals surface area contributed by atoms with Crippen molar-refractivity contribution in [2.24, 2.45) is 0 Å². The lowest BCUT2D eigenvalue weighted by molar-refractivity contribution is -0.127. The Labute approximate surface area is 182 Å². The Morgan fingerprint density at radius 3 is 2.48 bits per heavy atom. The fourth-order valence-electron chi connectivity index (χ4n) is 2.93. The zero-order valence-corrected chi connectivity index (χ0v) is 17.7. The van der Waals surface area contributed by atoms with Crippen molar-refractivity contribution in [1.82, 2.24) is 4.90 Å². The van der Waals surface area contributed by atoms with Gasteiger partial charge in [-0.3, -0.25) is 19.3 Å². The number of hydrogen-bond donors (Lipinski definition) is 1. The fraction of sp³-hybridized carbons (Fsp3) is 0.190. The van der Waals surface area contributed by atoms with Gasteiger partial charge in [0.25, 0.3) is 11.1 Å². The number of hydrogen-bond acceptors (Lipinski definition) is 7. The molecule has 1 saturated heterocycles. The van der Waals surface area contributed by atoms with E-state index in [9.17, 15) is 18.8 Å². The molecular formula is C21H19FN2O6S. The molecule has 162 valence electrons. The van der Waals surface area contributed by atoms with E-state index >= 15 is 0 Å². The van der Waals surface area contributed by atoms with E-state index in [0.717, 1.165) is 11.0 Å². The summed E-state index contributed by atoms with van der Waals surface area (Å²) in [4.78, 5) is 38.2. The first-order valence-corrected chi connectivity index (χ1v) is 9.79. The van der Waals surface area contributed by atoms with Gasteiger partial charge in [-0.05, 0) is 48.2 Å². The monoisotopic (exact) mass is 446 g/mol. The number of anilines is 1. The fourth-order valence-corrected chi connectivity index (χ4v) is 3.76. The van der Waals surface area contributed by atoms with Crippen LogP contribution in [0.25, 0.3) is 6.08 Å². The number of ether oxygens (including phenoxy) is 3. The van der Waals surface area contributed by atoms with Crippen molar-refractivity contribution in [2.75, 3.05) is 33.2 Å². The van der Waals surface area contributed by atoms with E-state index in [4.69, 9.17) is 14.2 Å². The first kappa shape index (κ1) is 22.2. The van der Waals surface area contributed by atoms with Gasteiger partial charge in [0.1, 0.15) is 12.4 Å². The summed E-state index contributed by atoms with van der Waals surface area (Å²) in [5.41, 5.74) is 0.720. The van der Waals surface area contributed by atoms with E-state index in [0.29, 0.717) is 34.6 Å². The predicted octanol–water partition coefficient (Wildman–Crippen LogP) is 3.53. The molecule has 0 radical (unpaired) electrons. The molecule has 0 atom stereocenters. The van der Waals surface area contributed by atoms with Gasteiger partial charge in [-0.2, -0.15) is 0 Å². The van der Waals surface area contributed by atoms with Crippen molar-refractivity contribution in [3.63, 3.8) is 0 Å². The van der Waals surface area contributed by atoms with E-state index in [1.54, 1.807) is 12.1 Å². The van der Waals surface area contributed by atoms with Crippen molar-refractivity contribution in [2.45, 2.75) is 0 Å². The minimum atomic E-state index is -0.627. The highest BCUT2D eigenvalue weighted by molar-refractivity contribution is 8.18. The van der Waals surface area contributed by atoms with Gasteiger partial charge >= 0.3 is 0 Å². The number of thioether (sulfide) groups is 1. The Kier molecular flexibility index (Phi) is 6.81. The van der Waals surface area contributed by atoms with Crippen LogP contribution in [0.5, 0.6) is 17.2 Å². The second-order valence-electron chi connectivity index (χ2n) is 6.25. The van der Waals surface area contributed by atoms with Gasteiger partial charge in [-0.15, -0.1) is 0 Å². The summed E-state index contributed by atoms with van der Waals surface area (Å²) in [5, 5.41) is 1.86. The van der Waals surface area contributed by atoms with Crippen LogP contribution in [-0.4, -0.2) is 49.8 Å². The number of halogens is 1. The quantitative estimate of drug-likeness (QED) is 0.651. The molecule has 1 heterocycles. The maximum atomic E-state index is 13.3. The van der Waals surface area contributed by atoms with E-state index < -0.39 is 29.4 Å². The number of rotatable bonds is 7. The van der Waals surface area contributed by atoms with Crippen LogP contribution in [0, 0.1) is 5.82 Å². The van der Waals surface area contributed by atoms with E-state index in [2.05, 4.69) is 5.32 Å². The molecule has 3 amide bonds. The lowest BCUT2D eigenvalue weighted by Gasteiger charge is -2.14. The highest BCUT2D eigenvalue weighted by Gasteiger charge is 2.36. The van der Waals surface area contributed by atoms with Crippen molar-refractivity contribution in [3.8, 4) is 17.2 Å². The molecule has 0 spiro atoms. The van der Waals surface area contributed by atoms with Gasteiger partial charge in [0.15, 0.2) is 11.5 Å². The van der Waals surface area contributed by atoms with E-state index in [-0.39, 0.29) is 10.6 Å². The van der Waals surface area contributed by atoms with Crippen LogP contribution < -0.4 is 19.5 Å². The summed E-state index contributed by atoms with van der Waals surface area (Å²) in [6.45, 7) is -0.498. The number of benzene rings is 2. The standard InChI is InChI=1S/C21H19FN2O6S/c1-28-15-8-7-12(18(29-2)19(15)30-3)9-16-20(26)24(21(27)31-16)11-17(25)23-14-6-4-5-13(22)10-14/h4-10H,11H2,1-3H3,(H,23,25)/b16-9+. The molecule has 2 aromatic rings. The van der Waals surface area contributed by atoms with Crippen LogP contribution in [0.15, 0.2) is 41.3 Å². The SMILES string of the molecule is COc1ccc(/C=C2/SC(=O)N(CC(=O)Nc3cccc(F)c3)C2=O)c(OC)c1OC. The van der Waals surface area contributed by atoms with Crippen LogP contribution in [-0.2, 0) is 9.59 Å². The molecule has 0 aliphatic carbocycles. The van der Waals surface area contributed by atoms with Crippen LogP contribution in [0.1, 0.15) is 5.56 Å². The molecule has 10 heteroatoms. The molecule has 1 N–H and O–H groups in total. The molecule has 3 rings (SSSR count). The molecule has 1 fully saturated rings. The third-order valence-electron chi connectivity index (χ3n) is 4.30. The zero-order valence-electron chi connectivity index (χ0n) is 16.9. The highest BCUT2D eigenvalue weighted by Crippen LogP contribution is 2.42. The van der Waals surface area contributed by atoms with Crippen LogP contribution in [0.2, 0.25) is 0 Å². The van der Waals surface area contributed by atoms with Crippen molar-refractivity contribution in [1.29, 1.82) is 0 Å². The Morgan fingerprint density at radius 2 is 1.84 bits per heavy atom. The van der Waals surface area contributed by atoms with Crippen molar-refractivity contribution < 1.29 is 33.0 Å². The summed E-state index contributed by atoms with van der Waals surface area (Å²) in [7, 11) is 4.38. The average Bonchev–Trinajstić information content (AvgIpc) is 3.00. The molecule has 2 aromatic carbocycles. The van der Waals surface area contributed by atoms with Gasteiger partial charge < -0.3 is 19.5 Å². The van der Waals surface area contributed by atoms with Gasteiger partial charge in [-0.25, -0.2) is 4.39 Å². The second kappa shape index (κ2) is 9.52. The second-order valence-corrected chi connectivity index (χ2v) is 7.24. The molecule has 0 aromatic heterocycles. The van der Waals surface area contributed by atoms with Crippen molar-refractivity contribution >= 4 is 40.6 Å². The van der Waals surface area contributed by atoms with Gasteiger partial charge in [0.05, 0.1) is 26.2 Å². The summed E-state index contributed by atoms with van der Waals surface area (Å²) >= 11 is 0.701. The molecule has 0 bridgehead atoms. The summed E-state index contributed by atoms with van der Waals surface area (Å²) < 4.78 is 29.2. The van der Waals surface area contributed by atoms with Crippen LogP contribution in [0.4, 0.5) is 14.9 Å². The molecule has 1 aliphatic rings. The number of carbonyl (C=O) groups is 3. The number of carbonyl (C=O) groups excluding carboxylic acids is 3. The maximum absolute atomic E-state index is 13.3. The topological polar surface area (TPSA) is 94.2 Å². The minimum absolute atomic E-state index is 0.120. The van der Waals surface area contributed by atoms with Gasteiger partial charge in [0, 0.05) is 11.3 Å². The number of imide groups is 1. The molecular weight excluding hydrogens is 427 g/mol. The van der Waals surface area contributed by atoms with Crippen LogP contribution >= 0.6 is 11.8 Å². The summed E-state index contributed by atoms with van der Waals surface area (Å²) in [6, 6.07) is 8.60. The predicted molar refractivity (Wildman–Crippen MR) is 114 cm³/mol. The third-order valence-corrected chi connectivity index (χ3v) is 5.21. The molecule has 0 saturated carbocycles. The highest BCUT2D eigenvalue weighted by atomic mass is 32.2. The Morgan fingerprint density at radius 1 is 1.10 bits per heavy atom. The summed E-state index contributed by atoms with van der Waals surface area (Å²) in [6.07, 6.45) is 1.48. The average molecular weight is 446 g/mol. The molecule has 0 unspecified atom stereocenters. The number of methoxy groups -OCH3 is 3. The van der Waals surface area contributed by atoms with Gasteiger partial charge in [-0.1, -0.05) is 6.07 Å². The third kappa shape index (κ3) is 4.80. The van der Waals surface area contributed by atoms with E-state index in [1.807, 2.05) is 0 Å².